The van der Waals surface area contributed by atoms with Gasteiger partial charge in [-0.15, -0.1) is 0 Å². The van der Waals surface area contributed by atoms with Crippen molar-refractivity contribution in [3.63, 3.8) is 0 Å². The molecule has 0 aromatic carbocycles. The first-order valence-corrected chi connectivity index (χ1v) is 4.93. The summed E-state index contributed by atoms with van der Waals surface area (Å²) in [5, 5.41) is 3.90. The third kappa shape index (κ3) is 1.89. The molecule has 1 saturated carbocycles. The van der Waals surface area contributed by atoms with Gasteiger partial charge in [0.15, 0.2) is 0 Å². The van der Waals surface area contributed by atoms with Gasteiger partial charge in [-0.1, -0.05) is 5.16 Å². The van der Waals surface area contributed by atoms with Crippen LogP contribution in [0.3, 0.4) is 0 Å². The number of carbonyl (C=O) groups excluding carboxylic acids is 1. The van der Waals surface area contributed by atoms with Crippen LogP contribution in [-0.4, -0.2) is 25.4 Å². The molecule has 0 bridgehead atoms. The predicted molar refractivity (Wildman–Crippen MR) is 53.0 cm³/mol. The second kappa shape index (κ2) is 4.44. The van der Waals surface area contributed by atoms with Crippen LogP contribution in [0.25, 0.3) is 0 Å². The average molecular weight is 199 g/mol. The number of hydrogen-bond acceptors (Lipinski definition) is 4. The van der Waals surface area contributed by atoms with Crippen LogP contribution >= 0.6 is 0 Å². The number of ether oxygens (including phenoxy) is 1. The van der Waals surface area contributed by atoms with Crippen LogP contribution in [0, 0.1) is 5.41 Å². The molecule has 14 heavy (non-hydrogen) atoms. The van der Waals surface area contributed by atoms with E-state index in [1.165, 1.54) is 7.11 Å². The Morgan fingerprint density at radius 2 is 2.36 bits per heavy atom. The fraction of sp³-hybridized carbons (Fsp3) is 0.800. The van der Waals surface area contributed by atoms with Gasteiger partial charge in [-0.3, -0.25) is 4.79 Å². The quantitative estimate of drug-likeness (QED) is 0.514. The fourth-order valence-electron chi connectivity index (χ4n) is 1.80. The van der Waals surface area contributed by atoms with E-state index < -0.39 is 5.41 Å². The first kappa shape index (κ1) is 11.0. The van der Waals surface area contributed by atoms with Crippen LogP contribution < -0.4 is 0 Å². The van der Waals surface area contributed by atoms with Crippen molar-refractivity contribution in [2.24, 2.45) is 10.6 Å². The molecule has 1 unspecified atom stereocenters. The van der Waals surface area contributed by atoms with Crippen LogP contribution in [0.5, 0.6) is 0 Å². The Hall–Kier alpha value is -1.06. The van der Waals surface area contributed by atoms with E-state index in [1.807, 2.05) is 13.8 Å². The zero-order chi connectivity index (χ0) is 10.6. The van der Waals surface area contributed by atoms with Gasteiger partial charge in [0.2, 0.25) is 0 Å². The number of hydrogen-bond donors (Lipinski definition) is 0. The molecule has 0 amide bonds. The lowest BCUT2D eigenvalue weighted by molar-refractivity contribution is -0.150. The van der Waals surface area contributed by atoms with Crippen molar-refractivity contribution < 1.29 is 14.4 Å². The minimum absolute atomic E-state index is 0.187. The summed E-state index contributed by atoms with van der Waals surface area (Å²) in [4.78, 5) is 16.4. The van der Waals surface area contributed by atoms with E-state index >= 15 is 0 Å². The van der Waals surface area contributed by atoms with Gasteiger partial charge in [-0.2, -0.15) is 0 Å². The molecular weight excluding hydrogens is 182 g/mol. The van der Waals surface area contributed by atoms with Crippen molar-refractivity contribution in [2.45, 2.75) is 33.1 Å². The number of carbonyl (C=O) groups is 1. The Morgan fingerprint density at radius 1 is 1.64 bits per heavy atom. The lowest BCUT2D eigenvalue weighted by Crippen LogP contribution is -2.34. The van der Waals surface area contributed by atoms with E-state index in [0.717, 1.165) is 25.0 Å². The molecule has 80 valence electrons. The van der Waals surface area contributed by atoms with E-state index in [-0.39, 0.29) is 5.97 Å². The molecule has 0 saturated heterocycles. The topological polar surface area (TPSA) is 47.9 Å². The molecule has 0 radical (unpaired) electrons. The smallest absolute Gasteiger partial charge is 0.317 e. The standard InChI is InChI=1S/C10H17NO3/c1-4-14-9(12)10(2)7-5-6-8(10)11-13-3/h4-7H2,1-3H3. The first-order chi connectivity index (χ1) is 6.65. The third-order valence-electron chi connectivity index (χ3n) is 2.65. The van der Waals surface area contributed by atoms with Gasteiger partial charge >= 0.3 is 5.97 Å². The molecule has 0 aromatic heterocycles. The molecule has 1 atom stereocenters. The Balaban J connectivity index is 2.80. The summed E-state index contributed by atoms with van der Waals surface area (Å²) in [7, 11) is 1.50. The minimum Gasteiger partial charge on any atom is -0.465 e. The van der Waals surface area contributed by atoms with Crippen molar-refractivity contribution >= 4 is 11.7 Å². The number of esters is 1. The zero-order valence-corrected chi connectivity index (χ0v) is 9.00. The summed E-state index contributed by atoms with van der Waals surface area (Å²) in [5.41, 5.74) is 0.241. The van der Waals surface area contributed by atoms with E-state index in [0.29, 0.717) is 6.61 Å². The molecule has 0 heterocycles. The summed E-state index contributed by atoms with van der Waals surface area (Å²) in [6, 6.07) is 0. The second-order valence-corrected chi connectivity index (χ2v) is 3.63. The molecule has 4 heteroatoms. The Bertz CT molecular complexity index is 250. The fourth-order valence-corrected chi connectivity index (χ4v) is 1.80. The van der Waals surface area contributed by atoms with Gasteiger partial charge in [0.25, 0.3) is 0 Å². The van der Waals surface area contributed by atoms with Crippen molar-refractivity contribution in [2.75, 3.05) is 13.7 Å². The van der Waals surface area contributed by atoms with Gasteiger partial charge in [-0.05, 0) is 33.1 Å². The summed E-state index contributed by atoms with van der Waals surface area (Å²) in [5.74, 6) is -0.187. The van der Waals surface area contributed by atoms with E-state index in [9.17, 15) is 4.79 Å². The molecule has 1 fully saturated rings. The van der Waals surface area contributed by atoms with Gasteiger partial charge in [0.1, 0.15) is 12.5 Å². The molecule has 1 aliphatic rings. The normalized spacial score (nSPS) is 29.2. The highest BCUT2D eigenvalue weighted by Crippen LogP contribution is 2.36. The van der Waals surface area contributed by atoms with Crippen LogP contribution in [0.15, 0.2) is 5.16 Å². The first-order valence-electron chi connectivity index (χ1n) is 4.93. The summed E-state index contributed by atoms with van der Waals surface area (Å²) in [6.45, 7) is 4.09. The second-order valence-electron chi connectivity index (χ2n) is 3.63. The predicted octanol–water partition coefficient (Wildman–Crippen LogP) is 1.74. The summed E-state index contributed by atoms with van der Waals surface area (Å²) in [6.07, 6.45) is 2.59. The highest BCUT2D eigenvalue weighted by Gasteiger charge is 2.44. The maximum Gasteiger partial charge on any atom is 0.317 e. The van der Waals surface area contributed by atoms with E-state index in [2.05, 4.69) is 5.16 Å². The van der Waals surface area contributed by atoms with Gasteiger partial charge in [0, 0.05) is 0 Å². The SMILES string of the molecule is CCOC(=O)C1(C)CCCC1=NOC. The summed E-state index contributed by atoms with van der Waals surface area (Å²) < 4.78 is 5.03. The highest BCUT2D eigenvalue weighted by atomic mass is 16.6. The summed E-state index contributed by atoms with van der Waals surface area (Å²) >= 11 is 0. The number of rotatable bonds is 3. The maximum absolute atomic E-state index is 11.7. The van der Waals surface area contributed by atoms with Gasteiger partial charge < -0.3 is 9.57 Å². The molecule has 0 aliphatic heterocycles. The number of oxime groups is 1. The molecule has 0 spiro atoms. The van der Waals surface area contributed by atoms with Crippen LogP contribution in [0.4, 0.5) is 0 Å². The van der Waals surface area contributed by atoms with Crippen LogP contribution in [0.2, 0.25) is 0 Å². The van der Waals surface area contributed by atoms with E-state index in [4.69, 9.17) is 9.57 Å². The largest absolute Gasteiger partial charge is 0.465 e. The van der Waals surface area contributed by atoms with Crippen LogP contribution in [-0.2, 0) is 14.4 Å². The van der Waals surface area contributed by atoms with Crippen molar-refractivity contribution in [3.05, 3.63) is 0 Å². The molecule has 0 aromatic rings. The molecule has 4 nitrogen and oxygen atoms in total. The van der Waals surface area contributed by atoms with Crippen LogP contribution in [0.1, 0.15) is 33.1 Å². The molecule has 1 aliphatic carbocycles. The maximum atomic E-state index is 11.7. The van der Waals surface area contributed by atoms with Gasteiger partial charge in [0.05, 0.1) is 12.3 Å². The monoisotopic (exact) mass is 199 g/mol. The Labute approximate surface area is 84.3 Å². The van der Waals surface area contributed by atoms with E-state index in [1.54, 1.807) is 0 Å². The lowest BCUT2D eigenvalue weighted by Gasteiger charge is -2.21. The molecule has 1 rings (SSSR count). The average Bonchev–Trinajstić information content (AvgIpc) is 2.51. The zero-order valence-electron chi connectivity index (χ0n) is 9.00. The number of nitrogens with zero attached hydrogens (tertiary/aromatic N) is 1. The minimum atomic E-state index is -0.563. The van der Waals surface area contributed by atoms with Crippen molar-refractivity contribution in [1.82, 2.24) is 0 Å². The van der Waals surface area contributed by atoms with Crippen molar-refractivity contribution in [1.29, 1.82) is 0 Å². The highest BCUT2D eigenvalue weighted by molar-refractivity contribution is 6.07. The lowest BCUT2D eigenvalue weighted by atomic mass is 9.87. The Morgan fingerprint density at radius 3 is 2.93 bits per heavy atom. The van der Waals surface area contributed by atoms with Gasteiger partial charge in [-0.25, -0.2) is 0 Å². The molecular formula is C10H17NO3. The Kier molecular flexibility index (Phi) is 3.49. The van der Waals surface area contributed by atoms with Crippen molar-refractivity contribution in [3.8, 4) is 0 Å². The third-order valence-corrected chi connectivity index (χ3v) is 2.65. The molecule has 0 N–H and O–H groups in total.